The Labute approximate surface area is 74.5 Å². The number of rotatable bonds is 0. The van der Waals surface area contributed by atoms with Gasteiger partial charge in [0.1, 0.15) is 5.52 Å². The molecule has 0 bridgehead atoms. The van der Waals surface area contributed by atoms with Crippen LogP contribution in [-0.2, 0) is 0 Å². The van der Waals surface area contributed by atoms with E-state index in [9.17, 15) is 0 Å². The van der Waals surface area contributed by atoms with E-state index in [0.717, 1.165) is 16.6 Å². The van der Waals surface area contributed by atoms with Crippen molar-refractivity contribution >= 4 is 28.2 Å². The van der Waals surface area contributed by atoms with Gasteiger partial charge < -0.3 is 5.73 Å². The Balaban J connectivity index is 2.92. The minimum atomic E-state index is 0.592. The molecule has 3 nitrogen and oxygen atoms in total. The van der Waals surface area contributed by atoms with Crippen molar-refractivity contribution in [1.82, 2.24) is 10.2 Å². The molecule has 0 atom stereocenters. The summed E-state index contributed by atoms with van der Waals surface area (Å²) in [5, 5.41) is 8.48. The molecule has 0 spiro atoms. The van der Waals surface area contributed by atoms with Crippen LogP contribution in [0.25, 0.3) is 10.9 Å². The van der Waals surface area contributed by atoms with Crippen LogP contribution in [0.5, 0.6) is 0 Å². The highest BCUT2D eigenvalue weighted by atomic mass is 35.5. The highest BCUT2D eigenvalue weighted by Gasteiger charge is 2.05. The Kier molecular flexibility index (Phi) is 1.48. The van der Waals surface area contributed by atoms with Crippen molar-refractivity contribution in [3.63, 3.8) is 0 Å². The summed E-state index contributed by atoms with van der Waals surface area (Å²) in [6.45, 7) is 1.94. The molecule has 3 N–H and O–H groups in total. The zero-order valence-corrected chi connectivity index (χ0v) is 7.31. The third-order valence-electron chi connectivity index (χ3n) is 1.83. The number of hydrogen-bond donors (Lipinski definition) is 2. The molecule has 2 rings (SSSR count). The van der Waals surface area contributed by atoms with Gasteiger partial charge in [-0.25, -0.2) is 0 Å². The van der Waals surface area contributed by atoms with Gasteiger partial charge in [-0.2, -0.15) is 5.10 Å². The fraction of sp³-hybridized carbons (Fsp3) is 0.125. The van der Waals surface area contributed by atoms with Crippen molar-refractivity contribution in [1.29, 1.82) is 0 Å². The Morgan fingerprint density at radius 3 is 3.00 bits per heavy atom. The van der Waals surface area contributed by atoms with Crippen molar-refractivity contribution in [3.8, 4) is 0 Å². The quantitative estimate of drug-likeness (QED) is 0.612. The highest BCUT2D eigenvalue weighted by Crippen LogP contribution is 2.26. The van der Waals surface area contributed by atoms with E-state index >= 15 is 0 Å². The largest absolute Gasteiger partial charge is 0.399 e. The van der Waals surface area contributed by atoms with Crippen LogP contribution in [0.1, 0.15) is 5.69 Å². The number of halogens is 1. The van der Waals surface area contributed by atoms with Crippen molar-refractivity contribution in [3.05, 3.63) is 22.8 Å². The Bertz CT molecular complexity index is 433. The SMILES string of the molecule is Cc1[nH]nc2c(Cl)cc(N)cc12. The summed E-state index contributed by atoms with van der Waals surface area (Å²) in [4.78, 5) is 0. The van der Waals surface area contributed by atoms with Gasteiger partial charge in [-0.15, -0.1) is 0 Å². The molecule has 2 aromatic rings. The lowest BCUT2D eigenvalue weighted by molar-refractivity contribution is 1.07. The van der Waals surface area contributed by atoms with Crippen molar-refractivity contribution in [2.45, 2.75) is 6.92 Å². The van der Waals surface area contributed by atoms with E-state index in [2.05, 4.69) is 10.2 Å². The number of aryl methyl sites for hydroxylation is 1. The maximum atomic E-state index is 5.91. The van der Waals surface area contributed by atoms with Gasteiger partial charge in [0, 0.05) is 16.8 Å². The molecule has 1 aromatic carbocycles. The van der Waals surface area contributed by atoms with E-state index in [1.165, 1.54) is 0 Å². The number of fused-ring (bicyclic) bond motifs is 1. The number of nitrogen functional groups attached to an aromatic ring is 1. The minimum absolute atomic E-state index is 0.592. The summed E-state index contributed by atoms with van der Waals surface area (Å²) < 4.78 is 0. The Hall–Kier alpha value is -1.22. The predicted octanol–water partition coefficient (Wildman–Crippen LogP) is 2.11. The lowest BCUT2D eigenvalue weighted by Crippen LogP contribution is -1.84. The van der Waals surface area contributed by atoms with Crippen LogP contribution in [0.3, 0.4) is 0 Å². The fourth-order valence-corrected chi connectivity index (χ4v) is 1.49. The van der Waals surface area contributed by atoms with Crippen molar-refractivity contribution in [2.75, 3.05) is 5.73 Å². The van der Waals surface area contributed by atoms with Crippen LogP contribution >= 0.6 is 11.6 Å². The van der Waals surface area contributed by atoms with Crippen LogP contribution in [-0.4, -0.2) is 10.2 Å². The second-order valence-corrected chi connectivity index (χ2v) is 3.15. The van der Waals surface area contributed by atoms with Gasteiger partial charge >= 0.3 is 0 Å². The molecule has 1 aromatic heterocycles. The first-order chi connectivity index (χ1) is 5.68. The molecule has 0 aliphatic rings. The van der Waals surface area contributed by atoms with Crippen molar-refractivity contribution in [2.24, 2.45) is 0 Å². The molecular formula is C8H8ClN3. The van der Waals surface area contributed by atoms with Crippen LogP contribution in [0.15, 0.2) is 12.1 Å². The number of aromatic amines is 1. The summed E-state index contributed by atoms with van der Waals surface area (Å²) in [7, 11) is 0. The molecule has 0 aliphatic heterocycles. The first-order valence-corrected chi connectivity index (χ1v) is 3.96. The van der Waals surface area contributed by atoms with Gasteiger partial charge in [0.05, 0.1) is 5.02 Å². The number of benzene rings is 1. The zero-order valence-electron chi connectivity index (χ0n) is 6.56. The lowest BCUT2D eigenvalue weighted by atomic mass is 10.2. The van der Waals surface area contributed by atoms with Gasteiger partial charge in [0.2, 0.25) is 0 Å². The standard InChI is InChI=1S/C8H8ClN3/c1-4-6-2-5(10)3-7(9)8(6)12-11-4/h2-3H,10H2,1H3,(H,11,12). The van der Waals surface area contributed by atoms with E-state index in [-0.39, 0.29) is 0 Å². The smallest absolute Gasteiger partial charge is 0.111 e. The average molecular weight is 182 g/mol. The second-order valence-electron chi connectivity index (χ2n) is 2.75. The summed E-state index contributed by atoms with van der Waals surface area (Å²) in [5.74, 6) is 0. The molecule has 0 radical (unpaired) electrons. The number of nitrogens with two attached hydrogens (primary N) is 1. The van der Waals surface area contributed by atoms with Crippen molar-refractivity contribution < 1.29 is 0 Å². The Morgan fingerprint density at radius 1 is 1.50 bits per heavy atom. The molecule has 12 heavy (non-hydrogen) atoms. The lowest BCUT2D eigenvalue weighted by Gasteiger charge is -1.95. The number of aromatic nitrogens is 2. The van der Waals surface area contributed by atoms with Crippen LogP contribution < -0.4 is 5.73 Å². The third-order valence-corrected chi connectivity index (χ3v) is 2.11. The van der Waals surface area contributed by atoms with Gasteiger partial charge in [-0.1, -0.05) is 11.6 Å². The van der Waals surface area contributed by atoms with Gasteiger partial charge in [-0.3, -0.25) is 5.10 Å². The van der Waals surface area contributed by atoms with Crippen LogP contribution in [0, 0.1) is 6.92 Å². The first kappa shape index (κ1) is 7.43. The predicted molar refractivity (Wildman–Crippen MR) is 50.3 cm³/mol. The summed E-state index contributed by atoms with van der Waals surface area (Å²) in [5.41, 5.74) is 8.06. The average Bonchev–Trinajstić information content (AvgIpc) is 2.33. The maximum absolute atomic E-state index is 5.91. The minimum Gasteiger partial charge on any atom is -0.399 e. The monoisotopic (exact) mass is 181 g/mol. The van der Waals surface area contributed by atoms with E-state index in [1.54, 1.807) is 6.07 Å². The summed E-state index contributed by atoms with van der Waals surface area (Å²) in [6.07, 6.45) is 0. The van der Waals surface area contributed by atoms with E-state index in [4.69, 9.17) is 17.3 Å². The molecule has 4 heteroatoms. The molecule has 1 heterocycles. The number of nitrogens with one attached hydrogen (secondary N) is 1. The molecule has 0 aliphatic carbocycles. The number of anilines is 1. The van der Waals surface area contributed by atoms with Gasteiger partial charge in [-0.05, 0) is 19.1 Å². The second kappa shape index (κ2) is 2.38. The van der Waals surface area contributed by atoms with E-state index in [1.807, 2.05) is 13.0 Å². The molecule has 0 amide bonds. The van der Waals surface area contributed by atoms with E-state index in [0.29, 0.717) is 10.7 Å². The Morgan fingerprint density at radius 2 is 2.25 bits per heavy atom. The van der Waals surface area contributed by atoms with Gasteiger partial charge in [0.25, 0.3) is 0 Å². The zero-order chi connectivity index (χ0) is 8.72. The molecular weight excluding hydrogens is 174 g/mol. The maximum Gasteiger partial charge on any atom is 0.111 e. The molecule has 0 unspecified atom stereocenters. The number of hydrogen-bond acceptors (Lipinski definition) is 2. The summed E-state index contributed by atoms with van der Waals surface area (Å²) in [6, 6.07) is 3.56. The third kappa shape index (κ3) is 0.940. The molecule has 62 valence electrons. The van der Waals surface area contributed by atoms with Crippen LogP contribution in [0.2, 0.25) is 5.02 Å². The van der Waals surface area contributed by atoms with Crippen LogP contribution in [0.4, 0.5) is 5.69 Å². The normalized spacial score (nSPS) is 10.8. The fourth-order valence-electron chi connectivity index (χ4n) is 1.22. The number of nitrogens with zero attached hydrogens (tertiary/aromatic N) is 1. The number of H-pyrrole nitrogens is 1. The summed E-state index contributed by atoms with van der Waals surface area (Å²) >= 11 is 5.91. The molecule has 0 saturated carbocycles. The molecule has 0 saturated heterocycles. The van der Waals surface area contributed by atoms with E-state index < -0.39 is 0 Å². The topological polar surface area (TPSA) is 54.7 Å². The van der Waals surface area contributed by atoms with Gasteiger partial charge in [0.15, 0.2) is 0 Å². The molecule has 0 fully saturated rings. The highest BCUT2D eigenvalue weighted by molar-refractivity contribution is 6.35. The first-order valence-electron chi connectivity index (χ1n) is 3.58.